The third kappa shape index (κ3) is 3.58. The molecule has 5 nitrogen and oxygen atoms in total. The van der Waals surface area contributed by atoms with E-state index in [4.69, 9.17) is 20.8 Å². The van der Waals surface area contributed by atoms with Gasteiger partial charge in [-0.2, -0.15) is 0 Å². The molecule has 0 unspecified atom stereocenters. The summed E-state index contributed by atoms with van der Waals surface area (Å²) in [5.74, 6) is 0.158. The lowest BCUT2D eigenvalue weighted by atomic mass is 10.2. The molecule has 0 spiro atoms. The molecule has 0 aliphatic heterocycles. The van der Waals surface area contributed by atoms with Crippen molar-refractivity contribution < 1.29 is 13.9 Å². The van der Waals surface area contributed by atoms with E-state index in [0.29, 0.717) is 10.8 Å². The molecule has 3 aromatic rings. The summed E-state index contributed by atoms with van der Waals surface area (Å²) >= 11 is 6.01. The summed E-state index contributed by atoms with van der Waals surface area (Å²) in [5.41, 5.74) is 0.773. The second-order valence-corrected chi connectivity index (χ2v) is 5.66. The van der Waals surface area contributed by atoms with Crippen molar-refractivity contribution in [2.24, 2.45) is 0 Å². The number of aromatic nitrogens is 1. The summed E-state index contributed by atoms with van der Waals surface area (Å²) < 4.78 is 12.2. The average Bonchev–Trinajstić information content (AvgIpc) is 3.02. The van der Waals surface area contributed by atoms with Gasteiger partial charge in [-0.1, -0.05) is 23.7 Å². The van der Waals surface area contributed by atoms with Crippen molar-refractivity contribution in [1.82, 2.24) is 4.57 Å². The molecule has 0 saturated carbocycles. The van der Waals surface area contributed by atoms with E-state index < -0.39 is 5.97 Å². The Kier molecular flexibility index (Phi) is 4.53. The van der Waals surface area contributed by atoms with Crippen LogP contribution in [0.5, 0.6) is 5.75 Å². The summed E-state index contributed by atoms with van der Waals surface area (Å²) in [7, 11) is 0. The molecule has 2 heterocycles. The molecule has 1 aromatic carbocycles. The second kappa shape index (κ2) is 6.76. The fourth-order valence-electron chi connectivity index (χ4n) is 2.17. The molecule has 3 rings (SSSR count). The molecule has 0 saturated heterocycles. The van der Waals surface area contributed by atoms with Gasteiger partial charge in [0.05, 0.1) is 11.6 Å². The molecule has 0 radical (unpaired) electrons. The highest BCUT2D eigenvalue weighted by Crippen LogP contribution is 2.26. The minimum absolute atomic E-state index is 0.0477. The van der Waals surface area contributed by atoms with E-state index in [1.54, 1.807) is 36.5 Å². The topological polar surface area (TPSA) is 61.4 Å². The molecule has 0 aliphatic rings. The second-order valence-electron chi connectivity index (χ2n) is 5.26. The van der Waals surface area contributed by atoms with Crippen LogP contribution in [0.3, 0.4) is 0 Å². The summed E-state index contributed by atoms with van der Waals surface area (Å²) in [4.78, 5) is 23.9. The molecule has 0 fully saturated rings. The quantitative estimate of drug-likeness (QED) is 0.535. The van der Waals surface area contributed by atoms with Crippen LogP contribution in [0.25, 0.3) is 0 Å². The molecule has 0 atom stereocenters. The summed E-state index contributed by atoms with van der Waals surface area (Å²) in [5, 5.41) is 0.344. The van der Waals surface area contributed by atoms with Crippen LogP contribution in [0.4, 0.5) is 0 Å². The standard InChI is InChI=1S/C18H14ClNO4/c1-12-5-7-14(19)16(10-12)24-18(22)15-8-6-13(23-15)11-20-9-3-2-4-17(20)21/h2-10H,11H2,1H3. The number of hydrogen-bond donors (Lipinski definition) is 0. The predicted molar refractivity (Wildman–Crippen MR) is 89.7 cm³/mol. The first kappa shape index (κ1) is 16.1. The molecule has 0 bridgehead atoms. The maximum Gasteiger partial charge on any atom is 0.379 e. The van der Waals surface area contributed by atoms with Crippen molar-refractivity contribution in [3.05, 3.63) is 87.2 Å². The number of benzene rings is 1. The number of hydrogen-bond acceptors (Lipinski definition) is 4. The van der Waals surface area contributed by atoms with Gasteiger partial charge >= 0.3 is 5.97 Å². The maximum atomic E-state index is 12.2. The van der Waals surface area contributed by atoms with Crippen LogP contribution in [-0.4, -0.2) is 10.5 Å². The lowest BCUT2D eigenvalue weighted by Crippen LogP contribution is -2.17. The van der Waals surface area contributed by atoms with Crippen LogP contribution in [0, 0.1) is 6.92 Å². The van der Waals surface area contributed by atoms with Gasteiger partial charge in [0.2, 0.25) is 5.76 Å². The van der Waals surface area contributed by atoms with Gasteiger partial charge in [0, 0.05) is 12.3 Å². The van der Waals surface area contributed by atoms with Crippen molar-refractivity contribution in [3.8, 4) is 5.75 Å². The Balaban J connectivity index is 1.75. The fraction of sp³-hybridized carbons (Fsp3) is 0.111. The van der Waals surface area contributed by atoms with E-state index in [0.717, 1.165) is 5.56 Å². The first-order chi connectivity index (χ1) is 11.5. The molecule has 6 heteroatoms. The highest BCUT2D eigenvalue weighted by atomic mass is 35.5. The number of nitrogens with zero attached hydrogens (tertiary/aromatic N) is 1. The van der Waals surface area contributed by atoms with Crippen LogP contribution in [0.1, 0.15) is 21.9 Å². The smallest absolute Gasteiger partial charge is 0.379 e. The van der Waals surface area contributed by atoms with Crippen LogP contribution >= 0.6 is 11.6 Å². The lowest BCUT2D eigenvalue weighted by molar-refractivity contribution is 0.0699. The van der Waals surface area contributed by atoms with Gasteiger partial charge < -0.3 is 13.7 Å². The highest BCUT2D eigenvalue weighted by Gasteiger charge is 2.16. The zero-order valence-corrected chi connectivity index (χ0v) is 13.6. The first-order valence-electron chi connectivity index (χ1n) is 7.25. The molecular weight excluding hydrogens is 330 g/mol. The summed E-state index contributed by atoms with van der Waals surface area (Å²) in [6, 6.07) is 13.2. The number of pyridine rings is 1. The number of furan rings is 1. The van der Waals surface area contributed by atoms with Crippen molar-refractivity contribution in [2.75, 3.05) is 0 Å². The average molecular weight is 344 g/mol. The third-order valence-corrected chi connectivity index (χ3v) is 3.69. The number of halogens is 1. The number of carbonyl (C=O) groups excluding carboxylic acids is 1. The van der Waals surface area contributed by atoms with Gasteiger partial charge in [-0.3, -0.25) is 4.79 Å². The van der Waals surface area contributed by atoms with Crippen molar-refractivity contribution >= 4 is 17.6 Å². The van der Waals surface area contributed by atoms with Gasteiger partial charge in [-0.25, -0.2) is 4.79 Å². The minimum atomic E-state index is -0.644. The number of carbonyl (C=O) groups is 1. The van der Waals surface area contributed by atoms with E-state index in [-0.39, 0.29) is 23.6 Å². The lowest BCUT2D eigenvalue weighted by Gasteiger charge is -2.05. The van der Waals surface area contributed by atoms with Crippen molar-refractivity contribution in [2.45, 2.75) is 13.5 Å². The SMILES string of the molecule is Cc1ccc(Cl)c(OC(=O)c2ccc(Cn3ccccc3=O)o2)c1. The Morgan fingerprint density at radius 2 is 2.04 bits per heavy atom. The molecule has 2 aromatic heterocycles. The largest absolute Gasteiger partial charge is 0.452 e. The van der Waals surface area contributed by atoms with Gasteiger partial charge in [0.1, 0.15) is 11.5 Å². The van der Waals surface area contributed by atoms with Gasteiger partial charge in [0.25, 0.3) is 5.56 Å². The Labute approximate surface area is 143 Å². The van der Waals surface area contributed by atoms with Crippen LogP contribution in [0.2, 0.25) is 5.02 Å². The van der Waals surface area contributed by atoms with E-state index in [1.807, 2.05) is 13.0 Å². The zero-order chi connectivity index (χ0) is 17.1. The van der Waals surface area contributed by atoms with E-state index >= 15 is 0 Å². The van der Waals surface area contributed by atoms with Gasteiger partial charge in [0.15, 0.2) is 0 Å². The first-order valence-corrected chi connectivity index (χ1v) is 7.63. The monoisotopic (exact) mass is 343 g/mol. The molecule has 0 N–H and O–H groups in total. The molecule has 0 aliphatic carbocycles. The van der Waals surface area contributed by atoms with Crippen molar-refractivity contribution in [1.29, 1.82) is 0 Å². The molecule has 0 amide bonds. The maximum absolute atomic E-state index is 12.2. The Morgan fingerprint density at radius 1 is 1.21 bits per heavy atom. The summed E-state index contributed by atoms with van der Waals surface area (Å²) in [6.45, 7) is 2.11. The molecule has 24 heavy (non-hydrogen) atoms. The van der Waals surface area contributed by atoms with Crippen LogP contribution < -0.4 is 10.3 Å². The highest BCUT2D eigenvalue weighted by molar-refractivity contribution is 6.32. The number of rotatable bonds is 4. The van der Waals surface area contributed by atoms with Gasteiger partial charge in [-0.15, -0.1) is 0 Å². The van der Waals surface area contributed by atoms with Crippen molar-refractivity contribution in [3.63, 3.8) is 0 Å². The Hall–Kier alpha value is -2.79. The van der Waals surface area contributed by atoms with E-state index in [9.17, 15) is 9.59 Å². The van der Waals surface area contributed by atoms with Crippen LogP contribution in [0.15, 0.2) is 63.9 Å². The molecule has 122 valence electrons. The molecular formula is C18H14ClNO4. The van der Waals surface area contributed by atoms with Gasteiger partial charge in [-0.05, 0) is 42.8 Å². The number of aryl methyl sites for hydroxylation is 1. The predicted octanol–water partition coefficient (Wildman–Crippen LogP) is 3.67. The zero-order valence-electron chi connectivity index (χ0n) is 12.9. The Bertz CT molecular complexity index is 942. The number of ether oxygens (including phenoxy) is 1. The normalized spacial score (nSPS) is 10.6. The third-order valence-electron chi connectivity index (χ3n) is 3.38. The van der Waals surface area contributed by atoms with E-state index in [1.165, 1.54) is 16.7 Å². The van der Waals surface area contributed by atoms with E-state index in [2.05, 4.69) is 0 Å². The fourth-order valence-corrected chi connectivity index (χ4v) is 2.33. The minimum Gasteiger partial charge on any atom is -0.452 e. The summed E-state index contributed by atoms with van der Waals surface area (Å²) in [6.07, 6.45) is 1.65. The van der Waals surface area contributed by atoms with Crippen LogP contribution in [-0.2, 0) is 6.54 Å². The Morgan fingerprint density at radius 3 is 2.83 bits per heavy atom. The number of esters is 1.